The van der Waals surface area contributed by atoms with Gasteiger partial charge in [-0.2, -0.15) is 0 Å². The lowest BCUT2D eigenvalue weighted by Crippen LogP contribution is -2.43. The van der Waals surface area contributed by atoms with Crippen LogP contribution in [0.25, 0.3) is 0 Å². The molecule has 2 aliphatic rings. The predicted molar refractivity (Wildman–Crippen MR) is 115 cm³/mol. The Morgan fingerprint density at radius 1 is 1.17 bits per heavy atom. The van der Waals surface area contributed by atoms with E-state index in [-0.39, 0.29) is 17.2 Å². The Labute approximate surface area is 177 Å². The molecular formula is C23H31N3O2S. The first kappa shape index (κ1) is 20.5. The summed E-state index contributed by atoms with van der Waals surface area (Å²) in [7, 11) is 0. The first-order chi connectivity index (χ1) is 14.0. The molecule has 29 heavy (non-hydrogen) atoms. The number of hydrogen-bond acceptors (Lipinski definition) is 5. The van der Waals surface area contributed by atoms with Crippen LogP contribution in [-0.2, 0) is 11.2 Å². The molecule has 1 aromatic heterocycles. The van der Waals surface area contributed by atoms with Crippen LogP contribution in [-0.4, -0.2) is 27.4 Å². The number of carbonyl (C=O) groups is 1. The van der Waals surface area contributed by atoms with Crippen molar-refractivity contribution in [1.29, 1.82) is 0 Å². The van der Waals surface area contributed by atoms with Crippen LogP contribution in [0.15, 0.2) is 40.0 Å². The van der Waals surface area contributed by atoms with Gasteiger partial charge in [0.2, 0.25) is 11.8 Å². The zero-order chi connectivity index (χ0) is 20.4. The third kappa shape index (κ3) is 4.85. The Bertz CT molecular complexity index is 825. The molecule has 2 aromatic rings. The molecule has 6 heteroatoms. The minimum Gasteiger partial charge on any atom is -0.416 e. The average molecular weight is 414 g/mol. The van der Waals surface area contributed by atoms with Gasteiger partial charge in [-0.25, -0.2) is 0 Å². The summed E-state index contributed by atoms with van der Waals surface area (Å²) in [5, 5.41) is 11.8. The van der Waals surface area contributed by atoms with Gasteiger partial charge in [0.15, 0.2) is 0 Å². The normalized spacial score (nSPS) is 26.2. The number of thioether (sulfide) groups is 1. The van der Waals surface area contributed by atoms with Crippen molar-refractivity contribution in [3.05, 3.63) is 41.8 Å². The van der Waals surface area contributed by atoms with Gasteiger partial charge in [0.25, 0.3) is 5.22 Å². The number of aromatic nitrogens is 2. The van der Waals surface area contributed by atoms with Gasteiger partial charge in [-0.05, 0) is 62.3 Å². The van der Waals surface area contributed by atoms with Crippen molar-refractivity contribution < 1.29 is 9.21 Å². The summed E-state index contributed by atoms with van der Waals surface area (Å²) in [5.41, 5.74) is 1.25. The lowest BCUT2D eigenvalue weighted by atomic mass is 9.84. The van der Waals surface area contributed by atoms with E-state index in [0.717, 1.165) is 11.8 Å². The highest BCUT2D eigenvalue weighted by atomic mass is 32.2. The summed E-state index contributed by atoms with van der Waals surface area (Å²) in [6.07, 6.45) is 6.06. The quantitative estimate of drug-likeness (QED) is 0.627. The second-order valence-electron chi connectivity index (χ2n) is 8.87. The van der Waals surface area contributed by atoms with Crippen LogP contribution < -0.4 is 5.32 Å². The summed E-state index contributed by atoms with van der Waals surface area (Å²) >= 11 is 1.34. The predicted octanol–water partition coefficient (Wildman–Crippen LogP) is 4.84. The Hall–Kier alpha value is -1.82. The number of benzene rings is 1. The second kappa shape index (κ2) is 8.90. The molecule has 1 aromatic carbocycles. The fraction of sp³-hybridized carbons (Fsp3) is 0.609. The van der Waals surface area contributed by atoms with E-state index in [1.807, 2.05) is 25.1 Å². The SMILES string of the molecule is CC(Sc1nnc(CC(C)c2ccccc2)o1)C(=O)NC(C)C1CC2CCC1C2. The van der Waals surface area contributed by atoms with Crippen molar-refractivity contribution in [2.75, 3.05) is 0 Å². The number of carbonyl (C=O) groups excluding carboxylic acids is 1. The molecule has 1 amide bonds. The highest BCUT2D eigenvalue weighted by Gasteiger charge is 2.42. The topological polar surface area (TPSA) is 68.0 Å². The molecule has 156 valence electrons. The van der Waals surface area contributed by atoms with E-state index in [0.29, 0.717) is 29.4 Å². The minimum atomic E-state index is -0.254. The molecule has 0 radical (unpaired) electrons. The van der Waals surface area contributed by atoms with Crippen LogP contribution in [0.1, 0.15) is 63.8 Å². The van der Waals surface area contributed by atoms with Crippen LogP contribution in [0, 0.1) is 17.8 Å². The number of fused-ring (bicyclic) bond motifs is 2. The van der Waals surface area contributed by atoms with Gasteiger partial charge in [-0.1, -0.05) is 55.4 Å². The molecule has 4 rings (SSSR count). The summed E-state index contributed by atoms with van der Waals surface area (Å²) in [6.45, 7) is 6.22. The number of rotatable bonds is 8. The summed E-state index contributed by atoms with van der Waals surface area (Å²) in [4.78, 5) is 12.7. The lowest BCUT2D eigenvalue weighted by Gasteiger charge is -2.29. The van der Waals surface area contributed by atoms with E-state index in [9.17, 15) is 4.79 Å². The van der Waals surface area contributed by atoms with Gasteiger partial charge < -0.3 is 9.73 Å². The molecule has 2 bridgehead atoms. The van der Waals surface area contributed by atoms with Gasteiger partial charge in [-0.3, -0.25) is 4.79 Å². The number of hydrogen-bond donors (Lipinski definition) is 1. The van der Waals surface area contributed by atoms with Crippen molar-refractivity contribution in [3.63, 3.8) is 0 Å². The van der Waals surface area contributed by atoms with Crippen LogP contribution >= 0.6 is 11.8 Å². The summed E-state index contributed by atoms with van der Waals surface area (Å²) < 4.78 is 5.80. The average Bonchev–Trinajstić information content (AvgIpc) is 3.46. The number of nitrogens with zero attached hydrogens (tertiary/aromatic N) is 2. The van der Waals surface area contributed by atoms with Crippen molar-refractivity contribution >= 4 is 17.7 Å². The van der Waals surface area contributed by atoms with E-state index in [1.165, 1.54) is 43.0 Å². The highest BCUT2D eigenvalue weighted by Crippen LogP contribution is 2.49. The molecule has 2 aliphatic carbocycles. The van der Waals surface area contributed by atoms with Crippen molar-refractivity contribution in [3.8, 4) is 0 Å². The zero-order valence-corrected chi connectivity index (χ0v) is 18.3. The molecule has 6 atom stereocenters. The van der Waals surface area contributed by atoms with Gasteiger partial charge in [0.1, 0.15) is 0 Å². The van der Waals surface area contributed by atoms with E-state index < -0.39 is 0 Å². The maximum Gasteiger partial charge on any atom is 0.277 e. The molecule has 2 saturated carbocycles. The van der Waals surface area contributed by atoms with Gasteiger partial charge in [0, 0.05) is 12.5 Å². The molecular weight excluding hydrogens is 382 g/mol. The zero-order valence-electron chi connectivity index (χ0n) is 17.5. The van der Waals surface area contributed by atoms with Crippen molar-refractivity contribution in [2.45, 2.75) is 75.3 Å². The summed E-state index contributed by atoms with van der Waals surface area (Å²) in [6, 6.07) is 10.6. The van der Waals surface area contributed by atoms with E-state index in [1.54, 1.807) is 0 Å². The van der Waals surface area contributed by atoms with Crippen molar-refractivity contribution in [2.24, 2.45) is 17.8 Å². The van der Waals surface area contributed by atoms with Crippen LogP contribution in [0.2, 0.25) is 0 Å². The standard InChI is InChI=1S/C23H31N3O2S/c1-14(18-7-5-4-6-8-18)11-21-25-26-23(28-21)29-16(3)22(27)24-15(2)20-13-17-9-10-19(20)12-17/h4-8,14-17,19-20H,9-13H2,1-3H3,(H,24,27). The molecule has 1 N–H and O–H groups in total. The van der Waals surface area contributed by atoms with E-state index >= 15 is 0 Å². The third-order valence-electron chi connectivity index (χ3n) is 6.75. The second-order valence-corrected chi connectivity index (χ2v) is 10.2. The number of amides is 1. The van der Waals surface area contributed by atoms with E-state index in [2.05, 4.69) is 41.5 Å². The van der Waals surface area contributed by atoms with Gasteiger partial charge in [0.05, 0.1) is 5.25 Å². The highest BCUT2D eigenvalue weighted by molar-refractivity contribution is 8.00. The van der Waals surface area contributed by atoms with E-state index in [4.69, 9.17) is 4.42 Å². The Kier molecular flexibility index (Phi) is 6.28. The molecule has 1 heterocycles. The molecule has 5 nitrogen and oxygen atoms in total. The van der Waals surface area contributed by atoms with Crippen LogP contribution in [0.4, 0.5) is 0 Å². The van der Waals surface area contributed by atoms with Gasteiger partial charge >= 0.3 is 0 Å². The lowest BCUT2D eigenvalue weighted by molar-refractivity contribution is -0.121. The maximum atomic E-state index is 12.7. The first-order valence-corrected chi connectivity index (χ1v) is 11.7. The van der Waals surface area contributed by atoms with Crippen molar-refractivity contribution in [1.82, 2.24) is 15.5 Å². The maximum absolute atomic E-state index is 12.7. The van der Waals surface area contributed by atoms with Crippen LogP contribution in [0.5, 0.6) is 0 Å². The molecule has 0 aliphatic heterocycles. The first-order valence-electron chi connectivity index (χ1n) is 10.8. The minimum absolute atomic E-state index is 0.0580. The fourth-order valence-electron chi connectivity index (χ4n) is 5.09. The van der Waals surface area contributed by atoms with Crippen LogP contribution in [0.3, 0.4) is 0 Å². The monoisotopic (exact) mass is 413 g/mol. The Morgan fingerprint density at radius 2 is 1.97 bits per heavy atom. The number of nitrogens with one attached hydrogen (secondary N) is 1. The Balaban J connectivity index is 1.27. The molecule has 0 saturated heterocycles. The molecule has 2 fully saturated rings. The Morgan fingerprint density at radius 3 is 2.66 bits per heavy atom. The summed E-state index contributed by atoms with van der Waals surface area (Å²) in [5.74, 6) is 3.33. The van der Waals surface area contributed by atoms with Gasteiger partial charge in [-0.15, -0.1) is 10.2 Å². The largest absolute Gasteiger partial charge is 0.416 e. The third-order valence-corrected chi connectivity index (χ3v) is 7.68. The molecule has 6 unspecified atom stereocenters. The molecule has 0 spiro atoms. The fourth-order valence-corrected chi connectivity index (χ4v) is 5.80. The smallest absolute Gasteiger partial charge is 0.277 e.